The van der Waals surface area contributed by atoms with Crippen molar-refractivity contribution in [3.8, 4) is 0 Å². The zero-order valence-electron chi connectivity index (χ0n) is 10.5. The molecule has 0 amide bonds. The van der Waals surface area contributed by atoms with Gasteiger partial charge in [-0.2, -0.15) is 0 Å². The topological polar surface area (TPSA) is 21.3 Å². The zero-order valence-corrected chi connectivity index (χ0v) is 10.5. The summed E-state index contributed by atoms with van der Waals surface area (Å²) in [6, 6.07) is 8.31. The van der Waals surface area contributed by atoms with Crippen LogP contribution in [0.25, 0.3) is 5.70 Å². The van der Waals surface area contributed by atoms with Crippen LogP contribution >= 0.6 is 0 Å². The second-order valence-electron chi connectivity index (χ2n) is 4.66. The van der Waals surface area contributed by atoms with E-state index in [2.05, 4.69) is 37.0 Å². The van der Waals surface area contributed by atoms with Crippen molar-refractivity contribution in [2.24, 2.45) is 0 Å². The molecule has 2 nitrogen and oxygen atoms in total. The Morgan fingerprint density at radius 2 is 2.24 bits per heavy atom. The number of rotatable bonds is 4. The Morgan fingerprint density at radius 3 is 2.94 bits per heavy atom. The van der Waals surface area contributed by atoms with E-state index in [1.165, 1.54) is 24.0 Å². The predicted molar refractivity (Wildman–Crippen MR) is 71.8 cm³/mol. The highest BCUT2D eigenvalue weighted by Crippen LogP contribution is 2.16. The van der Waals surface area contributed by atoms with Crippen molar-refractivity contribution < 1.29 is 4.74 Å². The Balaban J connectivity index is 1.87. The summed E-state index contributed by atoms with van der Waals surface area (Å²) in [7, 11) is 0. The summed E-state index contributed by atoms with van der Waals surface area (Å²) in [6.07, 6.45) is 4.00. The van der Waals surface area contributed by atoms with E-state index in [1.54, 1.807) is 0 Å². The molecule has 1 aliphatic heterocycles. The van der Waals surface area contributed by atoms with Gasteiger partial charge < -0.3 is 10.1 Å². The van der Waals surface area contributed by atoms with Gasteiger partial charge >= 0.3 is 0 Å². The summed E-state index contributed by atoms with van der Waals surface area (Å²) < 4.78 is 5.69. The second kappa shape index (κ2) is 5.87. The molecule has 1 unspecified atom stereocenters. The highest BCUT2D eigenvalue weighted by Gasteiger charge is 2.13. The summed E-state index contributed by atoms with van der Waals surface area (Å²) in [5.41, 5.74) is 3.45. The maximum Gasteiger partial charge on any atom is 0.0747 e. The molecule has 1 aromatic rings. The molecule has 2 heteroatoms. The van der Waals surface area contributed by atoms with Gasteiger partial charge in [0.25, 0.3) is 0 Å². The molecular formula is C15H21NO. The Kier molecular flexibility index (Phi) is 4.21. The molecule has 1 heterocycles. The van der Waals surface area contributed by atoms with Gasteiger partial charge in [-0.1, -0.05) is 30.8 Å². The van der Waals surface area contributed by atoms with Crippen molar-refractivity contribution in [2.75, 3.05) is 13.2 Å². The van der Waals surface area contributed by atoms with E-state index >= 15 is 0 Å². The van der Waals surface area contributed by atoms with E-state index in [0.717, 1.165) is 25.3 Å². The lowest BCUT2D eigenvalue weighted by Gasteiger charge is -2.24. The number of benzene rings is 1. The summed E-state index contributed by atoms with van der Waals surface area (Å²) in [5.74, 6) is 0. The van der Waals surface area contributed by atoms with Crippen molar-refractivity contribution >= 4 is 5.70 Å². The van der Waals surface area contributed by atoms with Gasteiger partial charge in [-0.15, -0.1) is 0 Å². The molecule has 1 N–H and O–H groups in total. The molecule has 1 fully saturated rings. The SMILES string of the molecule is C=C(NCC1CCCCO1)c1ccccc1C. The van der Waals surface area contributed by atoms with Gasteiger partial charge in [-0.05, 0) is 37.3 Å². The van der Waals surface area contributed by atoms with Crippen LogP contribution in [-0.4, -0.2) is 19.3 Å². The van der Waals surface area contributed by atoms with Crippen molar-refractivity contribution in [1.82, 2.24) is 5.32 Å². The van der Waals surface area contributed by atoms with Gasteiger partial charge in [0.1, 0.15) is 0 Å². The van der Waals surface area contributed by atoms with Crippen LogP contribution < -0.4 is 5.32 Å². The van der Waals surface area contributed by atoms with E-state index < -0.39 is 0 Å². The summed E-state index contributed by atoms with van der Waals surface area (Å²) in [5, 5.41) is 3.39. The summed E-state index contributed by atoms with van der Waals surface area (Å²) >= 11 is 0. The lowest BCUT2D eigenvalue weighted by Crippen LogP contribution is -2.30. The van der Waals surface area contributed by atoms with Crippen molar-refractivity contribution in [1.29, 1.82) is 0 Å². The first-order valence-electron chi connectivity index (χ1n) is 6.38. The average molecular weight is 231 g/mol. The maximum absolute atomic E-state index is 5.69. The lowest BCUT2D eigenvalue weighted by molar-refractivity contribution is 0.0192. The third kappa shape index (κ3) is 3.34. The third-order valence-electron chi connectivity index (χ3n) is 3.29. The standard InChI is InChI=1S/C15H21NO/c1-12-7-3-4-9-15(12)13(2)16-11-14-8-5-6-10-17-14/h3-4,7,9,14,16H,2,5-6,8,10-11H2,1H3. The first kappa shape index (κ1) is 12.2. The number of ether oxygens (including phenoxy) is 1. The number of nitrogens with one attached hydrogen (secondary N) is 1. The zero-order chi connectivity index (χ0) is 12.1. The van der Waals surface area contributed by atoms with Gasteiger partial charge in [0.15, 0.2) is 0 Å². The molecule has 2 rings (SSSR count). The van der Waals surface area contributed by atoms with Crippen LogP contribution in [0.5, 0.6) is 0 Å². The van der Waals surface area contributed by atoms with E-state index in [0.29, 0.717) is 6.10 Å². The minimum atomic E-state index is 0.351. The molecule has 0 spiro atoms. The Bertz CT molecular complexity index is 380. The van der Waals surface area contributed by atoms with Crippen LogP contribution in [0.3, 0.4) is 0 Å². The van der Waals surface area contributed by atoms with Gasteiger partial charge in [0.05, 0.1) is 6.10 Å². The molecule has 1 aliphatic rings. The second-order valence-corrected chi connectivity index (χ2v) is 4.66. The molecule has 92 valence electrons. The summed E-state index contributed by atoms with van der Waals surface area (Å²) in [4.78, 5) is 0. The van der Waals surface area contributed by atoms with Crippen molar-refractivity contribution in [3.05, 3.63) is 42.0 Å². The van der Waals surface area contributed by atoms with E-state index in [9.17, 15) is 0 Å². The normalized spacial score (nSPS) is 19.9. The van der Waals surface area contributed by atoms with E-state index in [1.807, 2.05) is 6.07 Å². The van der Waals surface area contributed by atoms with Gasteiger partial charge in [-0.3, -0.25) is 0 Å². The highest BCUT2D eigenvalue weighted by atomic mass is 16.5. The Hall–Kier alpha value is -1.28. The van der Waals surface area contributed by atoms with Gasteiger partial charge in [0, 0.05) is 18.8 Å². The minimum absolute atomic E-state index is 0.351. The lowest BCUT2D eigenvalue weighted by atomic mass is 10.1. The fourth-order valence-electron chi connectivity index (χ4n) is 2.21. The van der Waals surface area contributed by atoms with Crippen LogP contribution in [0, 0.1) is 6.92 Å². The maximum atomic E-state index is 5.69. The first-order chi connectivity index (χ1) is 8.27. The number of aryl methyl sites for hydroxylation is 1. The van der Waals surface area contributed by atoms with Crippen molar-refractivity contribution in [3.63, 3.8) is 0 Å². The van der Waals surface area contributed by atoms with Crippen LogP contribution in [0.2, 0.25) is 0 Å². The molecule has 1 aromatic carbocycles. The van der Waals surface area contributed by atoms with Crippen LogP contribution in [0.1, 0.15) is 30.4 Å². The molecule has 0 bridgehead atoms. The van der Waals surface area contributed by atoms with Gasteiger partial charge in [-0.25, -0.2) is 0 Å². The largest absolute Gasteiger partial charge is 0.382 e. The fourth-order valence-corrected chi connectivity index (χ4v) is 2.21. The minimum Gasteiger partial charge on any atom is -0.382 e. The van der Waals surface area contributed by atoms with Crippen molar-refractivity contribution in [2.45, 2.75) is 32.3 Å². The first-order valence-corrected chi connectivity index (χ1v) is 6.38. The average Bonchev–Trinajstić information content (AvgIpc) is 2.38. The Labute approximate surface area is 104 Å². The molecule has 0 aliphatic carbocycles. The molecule has 0 aromatic heterocycles. The van der Waals surface area contributed by atoms with E-state index in [-0.39, 0.29) is 0 Å². The molecule has 1 saturated heterocycles. The third-order valence-corrected chi connectivity index (χ3v) is 3.29. The predicted octanol–water partition coefficient (Wildman–Crippen LogP) is 3.12. The monoisotopic (exact) mass is 231 g/mol. The number of hydrogen-bond donors (Lipinski definition) is 1. The van der Waals surface area contributed by atoms with Gasteiger partial charge in [0.2, 0.25) is 0 Å². The fraction of sp³-hybridized carbons (Fsp3) is 0.467. The smallest absolute Gasteiger partial charge is 0.0747 e. The van der Waals surface area contributed by atoms with Crippen LogP contribution in [0.15, 0.2) is 30.8 Å². The molecule has 0 radical (unpaired) electrons. The van der Waals surface area contributed by atoms with Crippen LogP contribution in [0.4, 0.5) is 0 Å². The molecular weight excluding hydrogens is 210 g/mol. The Morgan fingerprint density at radius 1 is 1.41 bits per heavy atom. The molecule has 0 saturated carbocycles. The van der Waals surface area contributed by atoms with E-state index in [4.69, 9.17) is 4.74 Å². The quantitative estimate of drug-likeness (QED) is 0.859. The molecule has 17 heavy (non-hydrogen) atoms. The number of hydrogen-bond acceptors (Lipinski definition) is 2. The highest BCUT2D eigenvalue weighted by molar-refractivity contribution is 5.64. The summed E-state index contributed by atoms with van der Waals surface area (Å²) in [6.45, 7) is 7.99. The van der Waals surface area contributed by atoms with Crippen LogP contribution in [-0.2, 0) is 4.74 Å². The molecule has 1 atom stereocenters.